The first-order valence-electron chi connectivity index (χ1n) is 8.69. The molecule has 7 heteroatoms. The number of aromatic nitrogens is 4. The number of ether oxygens (including phenoxy) is 1. The van der Waals surface area contributed by atoms with Gasteiger partial charge in [0.15, 0.2) is 11.6 Å². The highest BCUT2D eigenvalue weighted by Gasteiger charge is 2.31. The minimum Gasteiger partial charge on any atom is -0.496 e. The van der Waals surface area contributed by atoms with E-state index >= 15 is 0 Å². The topological polar surface area (TPSA) is 69.4 Å². The third-order valence-corrected chi connectivity index (χ3v) is 5.82. The van der Waals surface area contributed by atoms with Crippen molar-refractivity contribution in [2.24, 2.45) is 0 Å². The van der Waals surface area contributed by atoms with Gasteiger partial charge in [-0.25, -0.2) is 4.98 Å². The molecule has 1 unspecified atom stereocenters. The second-order valence-electron chi connectivity index (χ2n) is 6.51. The van der Waals surface area contributed by atoms with Gasteiger partial charge < -0.3 is 4.74 Å². The van der Waals surface area contributed by atoms with Gasteiger partial charge in [0.05, 0.1) is 23.2 Å². The molecule has 1 aliphatic rings. The Hall–Kier alpha value is -3.06. The molecular formula is C20H16N4O2S. The van der Waals surface area contributed by atoms with Crippen molar-refractivity contribution in [2.75, 3.05) is 7.11 Å². The van der Waals surface area contributed by atoms with Crippen LogP contribution >= 0.6 is 11.3 Å². The van der Waals surface area contributed by atoms with E-state index in [1.165, 1.54) is 0 Å². The monoisotopic (exact) mass is 376 g/mol. The molecule has 6 nitrogen and oxygen atoms in total. The van der Waals surface area contributed by atoms with Gasteiger partial charge in [-0.05, 0) is 29.5 Å². The minimum atomic E-state index is 0.0427. The largest absolute Gasteiger partial charge is 0.496 e. The van der Waals surface area contributed by atoms with Crippen molar-refractivity contribution >= 4 is 22.9 Å². The summed E-state index contributed by atoms with van der Waals surface area (Å²) in [7, 11) is 1.66. The lowest BCUT2D eigenvalue weighted by Crippen LogP contribution is -2.22. The lowest BCUT2D eigenvalue weighted by atomic mass is 9.82. The first kappa shape index (κ1) is 16.1. The number of benzene rings is 1. The highest BCUT2D eigenvalue weighted by Crippen LogP contribution is 2.37. The Morgan fingerprint density at radius 1 is 1.19 bits per heavy atom. The molecule has 0 bridgehead atoms. The summed E-state index contributed by atoms with van der Waals surface area (Å²) in [6.45, 7) is 0. The van der Waals surface area contributed by atoms with Gasteiger partial charge in [-0.1, -0.05) is 24.3 Å². The highest BCUT2D eigenvalue weighted by atomic mass is 32.1. The number of ketones is 1. The molecule has 134 valence electrons. The fraction of sp³-hybridized carbons (Fsp3) is 0.200. The van der Waals surface area contributed by atoms with Crippen LogP contribution in [0.2, 0.25) is 0 Å². The minimum absolute atomic E-state index is 0.0427. The highest BCUT2D eigenvalue weighted by molar-refractivity contribution is 7.13. The molecule has 0 aliphatic heterocycles. The zero-order valence-corrected chi connectivity index (χ0v) is 15.4. The van der Waals surface area contributed by atoms with E-state index in [2.05, 4.69) is 15.1 Å². The summed E-state index contributed by atoms with van der Waals surface area (Å²) < 4.78 is 7.23. The standard InChI is InChI=1S/C20H16N4O2S/c1-26-17-6-3-2-5-13(17)12-9-15-14(16(25)10-12)11-21-20-22-19(23-24(15)20)18-7-4-8-27-18/h2-8,11-12H,9-10H2,1H3. The summed E-state index contributed by atoms with van der Waals surface area (Å²) in [4.78, 5) is 22.7. The SMILES string of the molecule is COc1ccccc1C1CC(=O)c2cnc3nc(-c4cccs4)nn3c2C1. The molecule has 3 aromatic heterocycles. The Labute approximate surface area is 159 Å². The van der Waals surface area contributed by atoms with Crippen LogP contribution in [-0.4, -0.2) is 32.5 Å². The summed E-state index contributed by atoms with van der Waals surface area (Å²) in [5.41, 5.74) is 2.54. The molecule has 0 amide bonds. The number of nitrogens with zero attached hydrogens (tertiary/aromatic N) is 4. The molecule has 0 N–H and O–H groups in total. The van der Waals surface area contributed by atoms with E-state index in [1.807, 2.05) is 41.8 Å². The number of hydrogen-bond donors (Lipinski definition) is 0. The summed E-state index contributed by atoms with van der Waals surface area (Å²) >= 11 is 1.58. The molecule has 1 aliphatic carbocycles. The van der Waals surface area contributed by atoms with Crippen LogP contribution in [0.25, 0.3) is 16.5 Å². The van der Waals surface area contributed by atoms with Gasteiger partial charge in [-0.2, -0.15) is 9.50 Å². The average Bonchev–Trinajstić information content (AvgIpc) is 3.37. The second-order valence-corrected chi connectivity index (χ2v) is 7.46. The van der Waals surface area contributed by atoms with Crippen LogP contribution in [0.5, 0.6) is 5.75 Å². The van der Waals surface area contributed by atoms with Gasteiger partial charge in [-0.3, -0.25) is 4.79 Å². The second kappa shape index (κ2) is 6.28. The van der Waals surface area contributed by atoms with Crippen LogP contribution in [0.4, 0.5) is 0 Å². The van der Waals surface area contributed by atoms with Crippen molar-refractivity contribution in [3.8, 4) is 16.5 Å². The Morgan fingerprint density at radius 3 is 2.89 bits per heavy atom. The molecule has 1 atom stereocenters. The quantitative estimate of drug-likeness (QED) is 0.544. The van der Waals surface area contributed by atoms with Gasteiger partial charge in [0.1, 0.15) is 5.75 Å². The first-order chi connectivity index (χ1) is 13.2. The fourth-order valence-corrected chi connectivity index (χ4v) is 4.33. The fourth-order valence-electron chi connectivity index (χ4n) is 3.68. The number of thiophene rings is 1. The number of fused-ring (bicyclic) bond motifs is 3. The van der Waals surface area contributed by atoms with Gasteiger partial charge in [0.2, 0.25) is 0 Å². The summed E-state index contributed by atoms with van der Waals surface area (Å²) in [5, 5.41) is 6.63. The van der Waals surface area contributed by atoms with Gasteiger partial charge in [0, 0.05) is 18.5 Å². The molecule has 4 aromatic rings. The number of Topliss-reactive ketones (excluding diaryl/α,β-unsaturated/α-hetero) is 1. The van der Waals surface area contributed by atoms with Crippen molar-refractivity contribution in [3.63, 3.8) is 0 Å². The number of carbonyl (C=O) groups excluding carboxylic acids is 1. The normalized spacial score (nSPS) is 16.5. The molecule has 27 heavy (non-hydrogen) atoms. The lowest BCUT2D eigenvalue weighted by Gasteiger charge is -2.25. The van der Waals surface area contributed by atoms with E-state index < -0.39 is 0 Å². The van der Waals surface area contributed by atoms with Gasteiger partial charge in [-0.15, -0.1) is 16.4 Å². The first-order valence-corrected chi connectivity index (χ1v) is 9.57. The number of methoxy groups -OCH3 is 1. The van der Waals surface area contributed by atoms with Crippen LogP contribution in [0.3, 0.4) is 0 Å². The summed E-state index contributed by atoms with van der Waals surface area (Å²) in [6.07, 6.45) is 2.76. The van der Waals surface area contributed by atoms with Crippen LogP contribution in [0.15, 0.2) is 48.0 Å². The molecule has 0 saturated carbocycles. The van der Waals surface area contributed by atoms with Crippen LogP contribution in [-0.2, 0) is 6.42 Å². The third-order valence-electron chi connectivity index (χ3n) is 4.96. The Morgan fingerprint density at radius 2 is 2.07 bits per heavy atom. The van der Waals surface area contributed by atoms with E-state index in [0.717, 1.165) is 21.9 Å². The molecule has 0 radical (unpaired) electrons. The van der Waals surface area contributed by atoms with Crippen molar-refractivity contribution in [1.82, 2.24) is 19.6 Å². The third kappa shape index (κ3) is 2.62. The molecule has 3 heterocycles. The van der Waals surface area contributed by atoms with E-state index in [9.17, 15) is 4.79 Å². The number of rotatable bonds is 3. The van der Waals surface area contributed by atoms with Crippen molar-refractivity contribution in [1.29, 1.82) is 0 Å². The van der Waals surface area contributed by atoms with Gasteiger partial charge in [0.25, 0.3) is 5.78 Å². The number of para-hydroxylation sites is 1. The molecular weight excluding hydrogens is 360 g/mol. The zero-order valence-electron chi connectivity index (χ0n) is 14.6. The smallest absolute Gasteiger partial charge is 0.253 e. The Balaban J connectivity index is 1.63. The zero-order chi connectivity index (χ0) is 18.4. The van der Waals surface area contributed by atoms with Crippen molar-refractivity contribution in [2.45, 2.75) is 18.8 Å². The predicted octanol–water partition coefficient (Wildman–Crippen LogP) is 3.77. The van der Waals surface area contributed by atoms with Crippen molar-refractivity contribution < 1.29 is 9.53 Å². The van der Waals surface area contributed by atoms with E-state index in [1.54, 1.807) is 29.2 Å². The van der Waals surface area contributed by atoms with Crippen LogP contribution in [0, 0.1) is 0 Å². The molecule has 1 aromatic carbocycles. The maximum atomic E-state index is 12.8. The lowest BCUT2D eigenvalue weighted by molar-refractivity contribution is 0.0961. The Kier molecular flexibility index (Phi) is 3.75. The molecule has 0 spiro atoms. The predicted molar refractivity (Wildman–Crippen MR) is 102 cm³/mol. The van der Waals surface area contributed by atoms with E-state index in [0.29, 0.717) is 30.0 Å². The maximum Gasteiger partial charge on any atom is 0.253 e. The molecule has 5 rings (SSSR count). The maximum absolute atomic E-state index is 12.8. The van der Waals surface area contributed by atoms with Crippen molar-refractivity contribution in [3.05, 3.63) is 64.8 Å². The van der Waals surface area contributed by atoms with Crippen LogP contribution < -0.4 is 4.74 Å². The van der Waals surface area contributed by atoms with Gasteiger partial charge >= 0.3 is 0 Å². The van der Waals surface area contributed by atoms with E-state index in [-0.39, 0.29) is 11.7 Å². The van der Waals surface area contributed by atoms with Crippen LogP contribution in [0.1, 0.15) is 34.0 Å². The Bertz CT molecular complexity index is 1150. The summed E-state index contributed by atoms with van der Waals surface area (Å²) in [6, 6.07) is 11.8. The molecule has 0 fully saturated rings. The summed E-state index contributed by atoms with van der Waals surface area (Å²) in [5.74, 6) is 2.08. The average molecular weight is 376 g/mol. The number of carbonyl (C=O) groups is 1. The number of hydrogen-bond acceptors (Lipinski definition) is 6. The van der Waals surface area contributed by atoms with E-state index in [4.69, 9.17) is 4.74 Å². The molecule has 0 saturated heterocycles.